The lowest BCUT2D eigenvalue weighted by molar-refractivity contribution is 0.398. The fourth-order valence-electron chi connectivity index (χ4n) is 2.24. The molecule has 6 nitrogen and oxygen atoms in total. The van der Waals surface area contributed by atoms with E-state index in [-0.39, 0.29) is 23.7 Å². The Morgan fingerprint density at radius 3 is 2.40 bits per heavy atom. The molecule has 1 atom stereocenters. The van der Waals surface area contributed by atoms with E-state index < -0.39 is 25.1 Å². The molecule has 1 aliphatic heterocycles. The highest BCUT2D eigenvalue weighted by Crippen LogP contribution is 2.29. The highest BCUT2D eigenvalue weighted by atomic mass is 32.2. The molecular weight excluding hydrogens is 302 g/mol. The maximum absolute atomic E-state index is 12.5. The number of sulfonamides is 1. The molecule has 1 aliphatic rings. The van der Waals surface area contributed by atoms with Gasteiger partial charge in [-0.25, -0.2) is 16.8 Å². The van der Waals surface area contributed by atoms with Gasteiger partial charge in [0, 0.05) is 19.3 Å². The summed E-state index contributed by atoms with van der Waals surface area (Å²) in [5.74, 6) is 0.260. The Morgan fingerprint density at radius 1 is 1.20 bits per heavy atom. The molecule has 1 fully saturated rings. The van der Waals surface area contributed by atoms with Crippen molar-refractivity contribution in [3.8, 4) is 5.75 Å². The van der Waals surface area contributed by atoms with Crippen LogP contribution < -0.4 is 4.74 Å². The van der Waals surface area contributed by atoms with Crippen LogP contribution in [0.1, 0.15) is 6.42 Å². The van der Waals surface area contributed by atoms with E-state index in [1.165, 1.54) is 17.5 Å². The monoisotopic (exact) mass is 319 g/mol. The number of sulfone groups is 1. The zero-order valence-electron chi connectivity index (χ0n) is 11.3. The molecule has 8 heteroatoms. The number of para-hydroxylation sites is 1. The van der Waals surface area contributed by atoms with Gasteiger partial charge in [-0.05, 0) is 18.6 Å². The molecule has 1 heterocycles. The fraction of sp³-hybridized carbons (Fsp3) is 0.500. The first-order chi connectivity index (χ1) is 9.26. The van der Waals surface area contributed by atoms with Gasteiger partial charge in [-0.15, -0.1) is 0 Å². The van der Waals surface area contributed by atoms with Crippen LogP contribution in [0.25, 0.3) is 0 Å². The summed E-state index contributed by atoms with van der Waals surface area (Å²) in [4.78, 5) is 0.0663. The summed E-state index contributed by atoms with van der Waals surface area (Å²) >= 11 is 0. The van der Waals surface area contributed by atoms with Gasteiger partial charge in [-0.3, -0.25) is 0 Å². The van der Waals surface area contributed by atoms with E-state index in [1.54, 1.807) is 18.2 Å². The quantitative estimate of drug-likeness (QED) is 0.807. The summed E-state index contributed by atoms with van der Waals surface area (Å²) in [6.45, 7) is 0.206. The third-order valence-corrected chi connectivity index (χ3v) is 6.90. The standard InChI is InChI=1S/C12H17NO5S2/c1-18-11-5-3-4-6-12(11)20(16,17)13-8-7-10(9-13)19(2,14)15/h3-6,10H,7-9H2,1-2H3. The van der Waals surface area contributed by atoms with E-state index in [9.17, 15) is 16.8 Å². The van der Waals surface area contributed by atoms with Gasteiger partial charge in [0.1, 0.15) is 10.6 Å². The lowest BCUT2D eigenvalue weighted by atomic mass is 10.3. The number of nitrogens with zero attached hydrogens (tertiary/aromatic N) is 1. The zero-order chi connectivity index (χ0) is 15.0. The van der Waals surface area contributed by atoms with Gasteiger partial charge in [0.2, 0.25) is 10.0 Å². The van der Waals surface area contributed by atoms with Crippen molar-refractivity contribution >= 4 is 19.9 Å². The molecule has 0 radical (unpaired) electrons. The molecule has 1 aromatic carbocycles. The Kier molecular flexibility index (Phi) is 4.08. The summed E-state index contributed by atoms with van der Waals surface area (Å²) < 4.78 is 54.4. The Bertz CT molecular complexity index is 696. The molecule has 1 unspecified atom stereocenters. The molecule has 0 aliphatic carbocycles. The van der Waals surface area contributed by atoms with Gasteiger partial charge >= 0.3 is 0 Å². The van der Waals surface area contributed by atoms with E-state index in [2.05, 4.69) is 0 Å². The molecule has 0 bridgehead atoms. The highest BCUT2D eigenvalue weighted by Gasteiger charge is 2.37. The van der Waals surface area contributed by atoms with Crippen LogP contribution in [0.15, 0.2) is 29.2 Å². The van der Waals surface area contributed by atoms with E-state index >= 15 is 0 Å². The second kappa shape index (κ2) is 5.34. The van der Waals surface area contributed by atoms with Gasteiger partial charge < -0.3 is 4.74 Å². The molecular formula is C12H17NO5S2. The van der Waals surface area contributed by atoms with E-state index in [4.69, 9.17) is 4.74 Å². The van der Waals surface area contributed by atoms with Crippen molar-refractivity contribution in [1.82, 2.24) is 4.31 Å². The SMILES string of the molecule is COc1ccccc1S(=O)(=O)N1CCC(S(C)(=O)=O)C1. The molecule has 0 spiro atoms. The predicted molar refractivity (Wildman–Crippen MR) is 75.0 cm³/mol. The summed E-state index contributed by atoms with van der Waals surface area (Å²) in [6.07, 6.45) is 1.46. The molecule has 20 heavy (non-hydrogen) atoms. The molecule has 1 saturated heterocycles. The van der Waals surface area contributed by atoms with Crippen LogP contribution in [0.3, 0.4) is 0 Å². The van der Waals surface area contributed by atoms with Crippen molar-refractivity contribution in [2.24, 2.45) is 0 Å². The number of methoxy groups -OCH3 is 1. The minimum Gasteiger partial charge on any atom is -0.495 e. The number of rotatable bonds is 4. The Hall–Kier alpha value is -1.12. The van der Waals surface area contributed by atoms with Crippen molar-refractivity contribution in [2.45, 2.75) is 16.6 Å². The molecule has 2 rings (SSSR count). The molecule has 0 N–H and O–H groups in total. The van der Waals surface area contributed by atoms with Crippen LogP contribution in [0, 0.1) is 0 Å². The van der Waals surface area contributed by atoms with Gasteiger partial charge in [0.15, 0.2) is 9.84 Å². The van der Waals surface area contributed by atoms with E-state index in [0.29, 0.717) is 6.42 Å². The van der Waals surface area contributed by atoms with Crippen LogP contribution in [0.2, 0.25) is 0 Å². The van der Waals surface area contributed by atoms with Crippen LogP contribution in [0.5, 0.6) is 5.75 Å². The van der Waals surface area contributed by atoms with Gasteiger partial charge in [-0.1, -0.05) is 12.1 Å². The third kappa shape index (κ3) is 2.82. The van der Waals surface area contributed by atoms with Gasteiger partial charge in [0.05, 0.1) is 12.4 Å². The van der Waals surface area contributed by atoms with Crippen molar-refractivity contribution in [3.05, 3.63) is 24.3 Å². The number of hydrogen-bond acceptors (Lipinski definition) is 5. The first-order valence-electron chi connectivity index (χ1n) is 6.09. The minimum absolute atomic E-state index is 0.000779. The smallest absolute Gasteiger partial charge is 0.246 e. The van der Waals surface area contributed by atoms with Crippen LogP contribution in [-0.2, 0) is 19.9 Å². The average Bonchev–Trinajstić information content (AvgIpc) is 2.88. The normalized spacial score (nSPS) is 21.0. The summed E-state index contributed by atoms with van der Waals surface area (Å²) in [5, 5.41) is -0.632. The molecule has 1 aromatic rings. The zero-order valence-corrected chi connectivity index (χ0v) is 12.9. The lowest BCUT2D eigenvalue weighted by Crippen LogP contribution is -2.31. The predicted octanol–water partition coefficient (Wildman–Crippen LogP) is 0.503. The van der Waals surface area contributed by atoms with Gasteiger partial charge in [0.25, 0.3) is 0 Å². The van der Waals surface area contributed by atoms with Crippen molar-refractivity contribution < 1.29 is 21.6 Å². The summed E-state index contributed by atoms with van der Waals surface area (Å²) in [7, 11) is -5.56. The van der Waals surface area contributed by atoms with Crippen molar-refractivity contribution in [3.63, 3.8) is 0 Å². The fourth-order valence-corrected chi connectivity index (χ4v) is 4.97. The lowest BCUT2D eigenvalue weighted by Gasteiger charge is -2.18. The maximum atomic E-state index is 12.5. The van der Waals surface area contributed by atoms with E-state index in [1.807, 2.05) is 0 Å². The second-order valence-electron chi connectivity index (χ2n) is 4.75. The molecule has 112 valence electrons. The van der Waals surface area contributed by atoms with Gasteiger partial charge in [-0.2, -0.15) is 4.31 Å². The average molecular weight is 319 g/mol. The van der Waals surface area contributed by atoms with Crippen molar-refractivity contribution in [2.75, 3.05) is 26.5 Å². The first-order valence-corrected chi connectivity index (χ1v) is 9.48. The summed E-state index contributed by atoms with van der Waals surface area (Å²) in [6, 6.07) is 6.32. The third-order valence-electron chi connectivity index (χ3n) is 3.40. The second-order valence-corrected chi connectivity index (χ2v) is 8.99. The molecule has 0 saturated carbocycles. The minimum atomic E-state index is -3.73. The largest absolute Gasteiger partial charge is 0.495 e. The molecule has 0 amide bonds. The van der Waals surface area contributed by atoms with E-state index in [0.717, 1.165) is 6.26 Å². The Labute approximate surface area is 119 Å². The van der Waals surface area contributed by atoms with Crippen LogP contribution in [0.4, 0.5) is 0 Å². The Morgan fingerprint density at radius 2 is 1.85 bits per heavy atom. The number of hydrogen-bond donors (Lipinski definition) is 0. The highest BCUT2D eigenvalue weighted by molar-refractivity contribution is 7.91. The number of benzene rings is 1. The first kappa shape index (κ1) is 15.3. The van der Waals surface area contributed by atoms with Crippen LogP contribution in [-0.4, -0.2) is 52.8 Å². The topological polar surface area (TPSA) is 80.8 Å². The van der Waals surface area contributed by atoms with Crippen molar-refractivity contribution in [1.29, 1.82) is 0 Å². The molecule has 0 aromatic heterocycles. The Balaban J connectivity index is 2.33. The maximum Gasteiger partial charge on any atom is 0.246 e. The summed E-state index contributed by atoms with van der Waals surface area (Å²) in [5.41, 5.74) is 0. The number of ether oxygens (including phenoxy) is 1. The van der Waals surface area contributed by atoms with Crippen LogP contribution >= 0.6 is 0 Å².